The number of aliphatic hydroxyl groups excluding tert-OH is 1. The van der Waals surface area contributed by atoms with Gasteiger partial charge in [0.05, 0.1) is 6.10 Å². The van der Waals surface area contributed by atoms with Crippen molar-refractivity contribution in [3.05, 3.63) is 23.8 Å². The lowest BCUT2D eigenvalue weighted by molar-refractivity contribution is -0.0274. The SMILES string of the molecule is CN[C@H]1C=C2C[C@@H](O)C=C[C@]2(C)[C@H]2CC[C@]3(C)[C@@H](NC)CC[C@H]3[C@H]12. The third-order valence-electron chi connectivity index (χ3n) is 8.37. The van der Waals surface area contributed by atoms with Gasteiger partial charge >= 0.3 is 0 Å². The molecule has 0 aromatic carbocycles. The number of hydrogen-bond acceptors (Lipinski definition) is 3. The Labute approximate surface area is 147 Å². The molecule has 0 aromatic heterocycles. The number of allylic oxidation sites excluding steroid dienone is 1. The zero-order chi connectivity index (χ0) is 17.1. The van der Waals surface area contributed by atoms with E-state index in [1.807, 2.05) is 6.08 Å². The maximum absolute atomic E-state index is 10.1. The Kier molecular flexibility index (Phi) is 3.98. The lowest BCUT2D eigenvalue weighted by Crippen LogP contribution is -2.57. The van der Waals surface area contributed by atoms with E-state index in [4.69, 9.17) is 0 Å². The van der Waals surface area contributed by atoms with Crippen LogP contribution in [0.4, 0.5) is 0 Å². The Morgan fingerprint density at radius 1 is 1.08 bits per heavy atom. The summed E-state index contributed by atoms with van der Waals surface area (Å²) in [4.78, 5) is 0. The quantitative estimate of drug-likeness (QED) is 0.682. The van der Waals surface area contributed by atoms with Gasteiger partial charge < -0.3 is 15.7 Å². The second kappa shape index (κ2) is 5.69. The molecule has 0 aliphatic heterocycles. The number of rotatable bonds is 2. The van der Waals surface area contributed by atoms with Crippen LogP contribution in [0.1, 0.15) is 46.0 Å². The van der Waals surface area contributed by atoms with Crippen molar-refractivity contribution in [2.24, 2.45) is 28.6 Å². The minimum Gasteiger partial charge on any atom is -0.389 e. The van der Waals surface area contributed by atoms with Crippen molar-refractivity contribution in [3.63, 3.8) is 0 Å². The lowest BCUT2D eigenvalue weighted by Gasteiger charge is -2.58. The van der Waals surface area contributed by atoms with Gasteiger partial charge in [0.15, 0.2) is 0 Å². The molecule has 0 unspecified atom stereocenters. The molecule has 4 aliphatic rings. The summed E-state index contributed by atoms with van der Waals surface area (Å²) in [5.41, 5.74) is 2.05. The number of fused-ring (bicyclic) bond motifs is 5. The monoisotopic (exact) mass is 330 g/mol. The molecule has 2 fully saturated rings. The summed E-state index contributed by atoms with van der Waals surface area (Å²) in [6.07, 6.45) is 12.7. The van der Waals surface area contributed by atoms with Gasteiger partial charge in [-0.2, -0.15) is 0 Å². The number of hydrogen-bond donors (Lipinski definition) is 3. The van der Waals surface area contributed by atoms with Crippen LogP contribution < -0.4 is 10.6 Å². The maximum Gasteiger partial charge on any atom is 0.0758 e. The van der Waals surface area contributed by atoms with Crippen molar-refractivity contribution in [2.45, 2.75) is 64.1 Å². The Hall–Kier alpha value is -0.640. The minimum absolute atomic E-state index is 0.149. The van der Waals surface area contributed by atoms with Gasteiger partial charge in [0.1, 0.15) is 0 Å². The van der Waals surface area contributed by atoms with Gasteiger partial charge in [-0.15, -0.1) is 0 Å². The van der Waals surface area contributed by atoms with Gasteiger partial charge in [-0.05, 0) is 69.4 Å². The summed E-state index contributed by atoms with van der Waals surface area (Å²) in [7, 11) is 4.26. The first-order valence-corrected chi connectivity index (χ1v) is 9.87. The molecule has 0 bridgehead atoms. The minimum atomic E-state index is -0.299. The van der Waals surface area contributed by atoms with Crippen molar-refractivity contribution in [1.82, 2.24) is 10.6 Å². The molecule has 4 aliphatic carbocycles. The van der Waals surface area contributed by atoms with Crippen molar-refractivity contribution >= 4 is 0 Å². The number of nitrogens with one attached hydrogen (secondary N) is 2. The van der Waals surface area contributed by atoms with E-state index in [-0.39, 0.29) is 11.5 Å². The van der Waals surface area contributed by atoms with Crippen LogP contribution in [0.2, 0.25) is 0 Å². The Balaban J connectivity index is 1.76. The van der Waals surface area contributed by atoms with Crippen LogP contribution in [0.15, 0.2) is 23.8 Å². The van der Waals surface area contributed by atoms with E-state index in [2.05, 4.69) is 50.7 Å². The Morgan fingerprint density at radius 3 is 2.58 bits per heavy atom. The molecule has 134 valence electrons. The van der Waals surface area contributed by atoms with Crippen molar-refractivity contribution < 1.29 is 5.11 Å². The molecule has 0 heterocycles. The van der Waals surface area contributed by atoms with Crippen LogP contribution >= 0.6 is 0 Å². The first kappa shape index (κ1) is 16.8. The molecule has 0 radical (unpaired) electrons. The normalized spacial score (nSPS) is 53.1. The van der Waals surface area contributed by atoms with Crippen LogP contribution in [0.5, 0.6) is 0 Å². The third kappa shape index (κ3) is 2.14. The topological polar surface area (TPSA) is 44.3 Å². The zero-order valence-corrected chi connectivity index (χ0v) is 15.7. The second-order valence-electron chi connectivity index (χ2n) is 9.17. The molecule has 0 spiro atoms. The smallest absolute Gasteiger partial charge is 0.0758 e. The molecule has 4 rings (SSSR count). The van der Waals surface area contributed by atoms with Crippen molar-refractivity contribution in [2.75, 3.05) is 14.1 Å². The maximum atomic E-state index is 10.1. The predicted octanol–water partition coefficient (Wildman–Crippen LogP) is 2.87. The van der Waals surface area contributed by atoms with Gasteiger partial charge in [-0.25, -0.2) is 0 Å². The molecule has 3 heteroatoms. The van der Waals surface area contributed by atoms with E-state index in [0.717, 1.165) is 12.3 Å². The van der Waals surface area contributed by atoms with Gasteiger partial charge in [0.2, 0.25) is 0 Å². The van der Waals surface area contributed by atoms with E-state index >= 15 is 0 Å². The summed E-state index contributed by atoms with van der Waals surface area (Å²) in [5, 5.41) is 17.4. The predicted molar refractivity (Wildman–Crippen MR) is 98.7 cm³/mol. The Bertz CT molecular complexity index is 570. The average molecular weight is 331 g/mol. The highest BCUT2D eigenvalue weighted by Gasteiger charge is 2.59. The number of likely N-dealkylation sites (N-methyl/N-ethyl adjacent to an activating group) is 1. The molecule has 8 atom stereocenters. The third-order valence-corrected chi connectivity index (χ3v) is 8.37. The summed E-state index contributed by atoms with van der Waals surface area (Å²) < 4.78 is 0. The molecule has 0 aromatic rings. The van der Waals surface area contributed by atoms with Gasteiger partial charge in [0, 0.05) is 17.5 Å². The van der Waals surface area contributed by atoms with Crippen molar-refractivity contribution in [3.8, 4) is 0 Å². The molecule has 0 amide bonds. The zero-order valence-electron chi connectivity index (χ0n) is 15.7. The lowest BCUT2D eigenvalue weighted by atomic mass is 9.48. The van der Waals surface area contributed by atoms with Gasteiger partial charge in [-0.3, -0.25) is 0 Å². The molecule has 24 heavy (non-hydrogen) atoms. The van der Waals surface area contributed by atoms with E-state index in [1.165, 1.54) is 31.3 Å². The molecule has 0 saturated heterocycles. The highest BCUT2D eigenvalue weighted by molar-refractivity contribution is 5.35. The molecular formula is C21H34N2O. The van der Waals surface area contributed by atoms with E-state index in [0.29, 0.717) is 29.3 Å². The van der Waals surface area contributed by atoms with Gasteiger partial charge in [-0.1, -0.05) is 37.6 Å². The highest BCUT2D eigenvalue weighted by atomic mass is 16.3. The Morgan fingerprint density at radius 2 is 1.88 bits per heavy atom. The first-order valence-electron chi connectivity index (χ1n) is 9.87. The van der Waals surface area contributed by atoms with Crippen LogP contribution in [0, 0.1) is 28.6 Å². The standard InChI is InChI=1S/C21H34N2O/c1-20-9-7-14(24)11-13(20)12-17(22-3)19-15-5-6-18(23-4)21(15,2)10-8-16(19)20/h7,9,12,14-19,22-24H,5-6,8,10-11H2,1-4H3/t14-,15-,16-,17-,18-,19-,20-,21-/m0/s1. The second-order valence-corrected chi connectivity index (χ2v) is 9.17. The van der Waals surface area contributed by atoms with Crippen LogP contribution in [-0.4, -0.2) is 37.4 Å². The molecule has 2 saturated carbocycles. The number of aliphatic hydroxyl groups is 1. The fraction of sp³-hybridized carbons (Fsp3) is 0.810. The summed E-state index contributed by atoms with van der Waals surface area (Å²) >= 11 is 0. The summed E-state index contributed by atoms with van der Waals surface area (Å²) in [6.45, 7) is 4.97. The first-order chi connectivity index (χ1) is 11.4. The van der Waals surface area contributed by atoms with Crippen LogP contribution in [-0.2, 0) is 0 Å². The van der Waals surface area contributed by atoms with Crippen LogP contribution in [0.3, 0.4) is 0 Å². The highest BCUT2D eigenvalue weighted by Crippen LogP contribution is 2.63. The summed E-state index contributed by atoms with van der Waals surface area (Å²) in [5.74, 6) is 2.20. The molecule has 3 nitrogen and oxygen atoms in total. The van der Waals surface area contributed by atoms with E-state index in [9.17, 15) is 5.11 Å². The largest absolute Gasteiger partial charge is 0.389 e. The molecular weight excluding hydrogens is 296 g/mol. The van der Waals surface area contributed by atoms with Crippen LogP contribution in [0.25, 0.3) is 0 Å². The van der Waals surface area contributed by atoms with Gasteiger partial charge in [0.25, 0.3) is 0 Å². The van der Waals surface area contributed by atoms with E-state index < -0.39 is 0 Å². The fourth-order valence-electron chi connectivity index (χ4n) is 7.01. The summed E-state index contributed by atoms with van der Waals surface area (Å²) in [6, 6.07) is 1.12. The van der Waals surface area contributed by atoms with E-state index in [1.54, 1.807) is 0 Å². The molecule has 3 N–H and O–H groups in total. The average Bonchev–Trinajstić information content (AvgIpc) is 2.91. The fourth-order valence-corrected chi connectivity index (χ4v) is 7.01. The van der Waals surface area contributed by atoms with Crippen molar-refractivity contribution in [1.29, 1.82) is 0 Å².